The van der Waals surface area contributed by atoms with Gasteiger partial charge in [-0.2, -0.15) is 5.10 Å². The topological polar surface area (TPSA) is 114 Å². The number of carbonyl (C=O) groups is 1. The molecule has 21 heavy (non-hydrogen) atoms. The van der Waals surface area contributed by atoms with Crippen LogP contribution in [-0.2, 0) is 4.79 Å². The SMILES string of the molecule is CCCCC(=O)N/N=C/c1cc([N+](=O)[O-])cc(OC)c1O. The molecule has 0 aliphatic carbocycles. The monoisotopic (exact) mass is 295 g/mol. The smallest absolute Gasteiger partial charge is 0.274 e. The average Bonchev–Trinajstić information content (AvgIpc) is 2.46. The summed E-state index contributed by atoms with van der Waals surface area (Å²) >= 11 is 0. The first-order valence-electron chi connectivity index (χ1n) is 6.36. The summed E-state index contributed by atoms with van der Waals surface area (Å²) in [7, 11) is 1.28. The van der Waals surface area contributed by atoms with Gasteiger partial charge < -0.3 is 9.84 Å². The van der Waals surface area contributed by atoms with Gasteiger partial charge in [-0.15, -0.1) is 0 Å². The van der Waals surface area contributed by atoms with Crippen molar-refractivity contribution < 1.29 is 19.6 Å². The van der Waals surface area contributed by atoms with E-state index >= 15 is 0 Å². The highest BCUT2D eigenvalue weighted by molar-refractivity contribution is 5.87. The van der Waals surface area contributed by atoms with Gasteiger partial charge in [-0.1, -0.05) is 13.3 Å². The lowest BCUT2D eigenvalue weighted by Gasteiger charge is -2.06. The number of methoxy groups -OCH3 is 1. The van der Waals surface area contributed by atoms with Crippen LogP contribution in [0.2, 0.25) is 0 Å². The Kier molecular flexibility index (Phi) is 6.12. The van der Waals surface area contributed by atoms with Crippen LogP contribution < -0.4 is 10.2 Å². The molecule has 0 fully saturated rings. The van der Waals surface area contributed by atoms with Crippen LogP contribution >= 0.6 is 0 Å². The fourth-order valence-electron chi connectivity index (χ4n) is 1.54. The Morgan fingerprint density at radius 1 is 1.57 bits per heavy atom. The molecule has 8 heteroatoms. The Labute approximate surface area is 121 Å². The molecule has 0 saturated heterocycles. The predicted molar refractivity (Wildman–Crippen MR) is 76.6 cm³/mol. The van der Waals surface area contributed by atoms with Crippen molar-refractivity contribution in [3.8, 4) is 11.5 Å². The van der Waals surface area contributed by atoms with Crippen LogP contribution in [-0.4, -0.2) is 29.3 Å². The number of nitro benzene ring substituents is 1. The van der Waals surface area contributed by atoms with E-state index in [-0.39, 0.29) is 28.7 Å². The van der Waals surface area contributed by atoms with Crippen molar-refractivity contribution in [2.24, 2.45) is 5.10 Å². The van der Waals surface area contributed by atoms with Gasteiger partial charge in [-0.3, -0.25) is 14.9 Å². The quantitative estimate of drug-likeness (QED) is 0.453. The molecule has 0 bridgehead atoms. The zero-order valence-corrected chi connectivity index (χ0v) is 11.8. The number of nitrogens with zero attached hydrogens (tertiary/aromatic N) is 2. The van der Waals surface area contributed by atoms with E-state index in [1.165, 1.54) is 7.11 Å². The zero-order chi connectivity index (χ0) is 15.8. The number of hydrogen-bond acceptors (Lipinski definition) is 6. The summed E-state index contributed by atoms with van der Waals surface area (Å²) in [6, 6.07) is 2.24. The van der Waals surface area contributed by atoms with Gasteiger partial charge in [0.2, 0.25) is 5.91 Å². The Bertz CT molecular complexity index is 557. The maximum absolute atomic E-state index is 11.4. The summed E-state index contributed by atoms with van der Waals surface area (Å²) in [6.45, 7) is 1.96. The molecule has 1 aromatic carbocycles. The number of non-ortho nitro benzene ring substituents is 1. The highest BCUT2D eigenvalue weighted by atomic mass is 16.6. The molecule has 0 aliphatic rings. The van der Waals surface area contributed by atoms with Crippen molar-refractivity contribution in [3.05, 3.63) is 27.8 Å². The molecule has 0 radical (unpaired) electrons. The lowest BCUT2D eigenvalue weighted by Crippen LogP contribution is -2.16. The molecular formula is C13H17N3O5. The van der Waals surface area contributed by atoms with Gasteiger partial charge in [0.05, 0.1) is 24.3 Å². The summed E-state index contributed by atoms with van der Waals surface area (Å²) in [5.74, 6) is -0.581. The van der Waals surface area contributed by atoms with Crippen molar-refractivity contribution in [3.63, 3.8) is 0 Å². The van der Waals surface area contributed by atoms with Crippen LogP contribution in [0.25, 0.3) is 0 Å². The van der Waals surface area contributed by atoms with Crippen LogP contribution in [0.15, 0.2) is 17.2 Å². The Hall–Kier alpha value is -2.64. The molecule has 8 nitrogen and oxygen atoms in total. The normalized spacial score (nSPS) is 10.6. The van der Waals surface area contributed by atoms with E-state index < -0.39 is 4.92 Å². The number of unbranched alkanes of at least 4 members (excludes halogenated alkanes) is 1. The summed E-state index contributed by atoms with van der Waals surface area (Å²) in [5.41, 5.74) is 2.12. The summed E-state index contributed by atoms with van der Waals surface area (Å²) in [5, 5.41) is 24.3. The number of ether oxygens (including phenoxy) is 1. The molecule has 0 heterocycles. The number of rotatable bonds is 7. The van der Waals surface area contributed by atoms with E-state index in [9.17, 15) is 20.0 Å². The standard InChI is InChI=1S/C13H17N3O5/c1-3-4-5-12(17)15-14-8-9-6-10(16(19)20)7-11(21-2)13(9)18/h6-8,18H,3-5H2,1-2H3,(H,15,17)/b14-8+. The third-order valence-corrected chi connectivity index (χ3v) is 2.67. The van der Waals surface area contributed by atoms with Crippen LogP contribution in [0.3, 0.4) is 0 Å². The molecule has 114 valence electrons. The van der Waals surface area contributed by atoms with E-state index in [1.54, 1.807) is 0 Å². The third-order valence-electron chi connectivity index (χ3n) is 2.67. The van der Waals surface area contributed by atoms with Crippen LogP contribution in [0.1, 0.15) is 31.7 Å². The summed E-state index contributed by atoms with van der Waals surface area (Å²) in [6.07, 6.45) is 3.12. The number of nitrogens with one attached hydrogen (secondary N) is 1. The van der Waals surface area contributed by atoms with Crippen LogP contribution in [0, 0.1) is 10.1 Å². The molecule has 0 aliphatic heterocycles. The number of aromatic hydroxyl groups is 1. The van der Waals surface area contributed by atoms with Gasteiger partial charge in [0.25, 0.3) is 5.69 Å². The number of phenolic OH excluding ortho intramolecular Hbond substituents is 1. The van der Waals surface area contributed by atoms with E-state index in [0.29, 0.717) is 6.42 Å². The predicted octanol–water partition coefficient (Wildman–Crippen LogP) is 1.95. The average molecular weight is 295 g/mol. The number of carbonyl (C=O) groups excluding carboxylic acids is 1. The summed E-state index contributed by atoms with van der Waals surface area (Å²) in [4.78, 5) is 21.5. The molecule has 2 N–H and O–H groups in total. The maximum Gasteiger partial charge on any atom is 0.274 e. The fourth-order valence-corrected chi connectivity index (χ4v) is 1.54. The molecule has 1 amide bonds. The lowest BCUT2D eigenvalue weighted by molar-refractivity contribution is -0.385. The fraction of sp³-hybridized carbons (Fsp3) is 0.385. The van der Waals surface area contributed by atoms with Crippen molar-refractivity contribution in [1.29, 1.82) is 0 Å². The Balaban J connectivity index is 2.89. The Morgan fingerprint density at radius 3 is 2.86 bits per heavy atom. The zero-order valence-electron chi connectivity index (χ0n) is 11.8. The second-order valence-corrected chi connectivity index (χ2v) is 4.24. The molecular weight excluding hydrogens is 278 g/mol. The summed E-state index contributed by atoms with van der Waals surface area (Å²) < 4.78 is 4.85. The Morgan fingerprint density at radius 2 is 2.29 bits per heavy atom. The first-order valence-corrected chi connectivity index (χ1v) is 6.36. The van der Waals surface area contributed by atoms with Gasteiger partial charge in [0.1, 0.15) is 0 Å². The molecule has 0 saturated carbocycles. The number of hydrazone groups is 1. The minimum Gasteiger partial charge on any atom is -0.504 e. The molecule has 0 atom stereocenters. The molecule has 0 spiro atoms. The van der Waals surface area contributed by atoms with Crippen molar-refractivity contribution in [1.82, 2.24) is 5.43 Å². The van der Waals surface area contributed by atoms with Gasteiger partial charge in [-0.25, -0.2) is 5.43 Å². The van der Waals surface area contributed by atoms with E-state index in [2.05, 4.69) is 10.5 Å². The first kappa shape index (κ1) is 16.4. The number of phenols is 1. The second kappa shape index (κ2) is 7.83. The second-order valence-electron chi connectivity index (χ2n) is 4.24. The van der Waals surface area contributed by atoms with Gasteiger partial charge in [0.15, 0.2) is 11.5 Å². The minimum absolute atomic E-state index is 0.0389. The van der Waals surface area contributed by atoms with E-state index in [1.807, 2.05) is 6.92 Å². The van der Waals surface area contributed by atoms with Gasteiger partial charge in [0, 0.05) is 18.1 Å². The number of hydrogen-bond donors (Lipinski definition) is 2. The highest BCUT2D eigenvalue weighted by Gasteiger charge is 2.15. The molecule has 0 aromatic heterocycles. The van der Waals surface area contributed by atoms with Crippen molar-refractivity contribution in [2.45, 2.75) is 26.2 Å². The van der Waals surface area contributed by atoms with Gasteiger partial charge >= 0.3 is 0 Å². The van der Waals surface area contributed by atoms with Crippen LogP contribution in [0.5, 0.6) is 11.5 Å². The number of amides is 1. The maximum atomic E-state index is 11.4. The molecule has 1 rings (SSSR count). The van der Waals surface area contributed by atoms with E-state index in [4.69, 9.17) is 4.74 Å². The van der Waals surface area contributed by atoms with Gasteiger partial charge in [-0.05, 0) is 6.42 Å². The third kappa shape index (κ3) is 4.75. The lowest BCUT2D eigenvalue weighted by atomic mass is 10.2. The number of benzene rings is 1. The molecule has 1 aromatic rings. The largest absolute Gasteiger partial charge is 0.504 e. The molecule has 0 unspecified atom stereocenters. The van der Waals surface area contributed by atoms with Crippen molar-refractivity contribution >= 4 is 17.8 Å². The van der Waals surface area contributed by atoms with Crippen molar-refractivity contribution in [2.75, 3.05) is 7.11 Å². The van der Waals surface area contributed by atoms with E-state index in [0.717, 1.165) is 31.2 Å². The highest BCUT2D eigenvalue weighted by Crippen LogP contribution is 2.33. The first-order chi connectivity index (χ1) is 9.99. The number of nitro groups is 1. The van der Waals surface area contributed by atoms with Crippen LogP contribution in [0.4, 0.5) is 5.69 Å². The minimum atomic E-state index is -0.612.